The van der Waals surface area contributed by atoms with Gasteiger partial charge in [-0.05, 0) is 6.92 Å². The van der Waals surface area contributed by atoms with Crippen LogP contribution in [-0.2, 0) is 9.53 Å². The molecule has 0 spiro atoms. The highest BCUT2D eigenvalue weighted by atomic mass is 32.1. The maximum Gasteiger partial charge on any atom is 0.350 e. The highest BCUT2D eigenvalue weighted by Gasteiger charge is 2.17. The second-order valence-corrected chi connectivity index (χ2v) is 4.57. The second kappa shape index (κ2) is 7.34. The topological polar surface area (TPSA) is 68.3 Å². The molecular weight excluding hydrogens is 264 g/mol. The highest BCUT2D eigenvalue weighted by Crippen LogP contribution is 2.23. The number of esters is 1. The van der Waals surface area contributed by atoms with Crippen molar-refractivity contribution in [1.29, 1.82) is 0 Å². The number of thiazole rings is 1. The lowest BCUT2D eigenvalue weighted by Crippen LogP contribution is -2.10. The number of amides is 1. The third kappa shape index (κ3) is 4.56. The first-order valence-corrected chi connectivity index (χ1v) is 6.39. The van der Waals surface area contributed by atoms with Crippen LogP contribution in [0.5, 0.6) is 0 Å². The van der Waals surface area contributed by atoms with Gasteiger partial charge in [-0.3, -0.25) is 4.79 Å². The molecule has 100 valence electrons. The molecule has 5 nitrogen and oxygen atoms in total. The molecule has 0 radical (unpaired) electrons. The van der Waals surface area contributed by atoms with Crippen LogP contribution in [0.25, 0.3) is 0 Å². The molecule has 0 saturated heterocycles. The molecule has 19 heavy (non-hydrogen) atoms. The van der Waals surface area contributed by atoms with Crippen molar-refractivity contribution in [3.8, 4) is 12.3 Å². The Morgan fingerprint density at radius 3 is 3.00 bits per heavy atom. The van der Waals surface area contributed by atoms with Gasteiger partial charge in [0.15, 0.2) is 5.13 Å². The molecule has 6 heteroatoms. The largest absolute Gasteiger partial charge is 0.457 e. The van der Waals surface area contributed by atoms with Gasteiger partial charge in [-0.1, -0.05) is 24.0 Å². The van der Waals surface area contributed by atoms with Crippen LogP contribution in [0.2, 0.25) is 0 Å². The van der Waals surface area contributed by atoms with Gasteiger partial charge < -0.3 is 10.1 Å². The van der Waals surface area contributed by atoms with Crippen molar-refractivity contribution in [3.05, 3.63) is 23.2 Å². The van der Waals surface area contributed by atoms with Gasteiger partial charge in [0.1, 0.15) is 11.5 Å². The zero-order valence-corrected chi connectivity index (χ0v) is 11.4. The molecular formula is C13H14N2O3S. The van der Waals surface area contributed by atoms with E-state index in [9.17, 15) is 9.59 Å². The Hall–Kier alpha value is -2.13. The minimum absolute atomic E-state index is 0.139. The van der Waals surface area contributed by atoms with Crippen molar-refractivity contribution < 1.29 is 14.3 Å². The van der Waals surface area contributed by atoms with Gasteiger partial charge in [-0.15, -0.1) is 12.3 Å². The lowest BCUT2D eigenvalue weighted by Gasteiger charge is -1.98. The second-order valence-electron chi connectivity index (χ2n) is 3.57. The normalized spacial score (nSPS) is 9.47. The molecule has 0 aliphatic rings. The standard InChI is InChI=1S/C13H14N2O3S/c1-4-6-7-10(16)15-13-14-9(3)11(19-13)12(17)18-8-5-2/h1,5H,2,6-8H2,3H3,(H,14,15,16). The number of anilines is 1. The van der Waals surface area contributed by atoms with Gasteiger partial charge in [-0.25, -0.2) is 9.78 Å². The van der Waals surface area contributed by atoms with Crippen LogP contribution in [0.3, 0.4) is 0 Å². The summed E-state index contributed by atoms with van der Waals surface area (Å²) >= 11 is 1.08. The number of aryl methyl sites for hydroxylation is 1. The van der Waals surface area contributed by atoms with E-state index in [1.54, 1.807) is 6.92 Å². The molecule has 0 aliphatic carbocycles. The third-order valence-electron chi connectivity index (χ3n) is 2.06. The summed E-state index contributed by atoms with van der Waals surface area (Å²) in [7, 11) is 0. The number of hydrogen-bond donors (Lipinski definition) is 1. The first-order chi connectivity index (χ1) is 9.08. The molecule has 0 aromatic carbocycles. The smallest absolute Gasteiger partial charge is 0.350 e. The number of terminal acetylenes is 1. The van der Waals surface area contributed by atoms with E-state index in [0.717, 1.165) is 11.3 Å². The average molecular weight is 278 g/mol. The van der Waals surface area contributed by atoms with Gasteiger partial charge in [-0.2, -0.15) is 0 Å². The summed E-state index contributed by atoms with van der Waals surface area (Å²) in [5, 5.41) is 2.96. The predicted octanol–water partition coefficient (Wildman–Crippen LogP) is 2.15. The monoisotopic (exact) mass is 278 g/mol. The number of carbonyl (C=O) groups is 2. The fourth-order valence-electron chi connectivity index (χ4n) is 1.21. The van der Waals surface area contributed by atoms with E-state index in [1.165, 1.54) is 6.08 Å². The SMILES string of the molecule is C#CCCC(=O)Nc1nc(C)c(C(=O)OCC=C)s1. The lowest BCUT2D eigenvalue weighted by molar-refractivity contribution is -0.116. The molecule has 1 N–H and O–H groups in total. The molecule has 1 amide bonds. The fourth-order valence-corrected chi connectivity index (χ4v) is 2.08. The molecule has 0 unspecified atom stereocenters. The Balaban J connectivity index is 2.68. The summed E-state index contributed by atoms with van der Waals surface area (Å²) in [5.41, 5.74) is 0.520. The van der Waals surface area contributed by atoms with Crippen LogP contribution in [0, 0.1) is 19.3 Å². The van der Waals surface area contributed by atoms with Gasteiger partial charge in [0.2, 0.25) is 5.91 Å². The molecule has 1 rings (SSSR count). The van der Waals surface area contributed by atoms with Gasteiger partial charge in [0.25, 0.3) is 0 Å². The summed E-state index contributed by atoms with van der Waals surface area (Å²) < 4.78 is 4.92. The van der Waals surface area contributed by atoms with E-state index < -0.39 is 5.97 Å². The van der Waals surface area contributed by atoms with E-state index in [1.807, 2.05) is 0 Å². The summed E-state index contributed by atoms with van der Waals surface area (Å²) in [6.45, 7) is 5.28. The zero-order chi connectivity index (χ0) is 14.3. The molecule has 0 fully saturated rings. The van der Waals surface area contributed by atoms with Gasteiger partial charge in [0, 0.05) is 12.8 Å². The highest BCUT2D eigenvalue weighted by molar-refractivity contribution is 7.17. The van der Waals surface area contributed by atoms with Crippen LogP contribution < -0.4 is 5.32 Å². The number of nitrogens with zero attached hydrogens (tertiary/aromatic N) is 1. The number of carbonyl (C=O) groups excluding carboxylic acids is 2. The number of nitrogens with one attached hydrogen (secondary N) is 1. The van der Waals surface area contributed by atoms with E-state index >= 15 is 0 Å². The Morgan fingerprint density at radius 2 is 2.37 bits per heavy atom. The number of hydrogen-bond acceptors (Lipinski definition) is 5. The molecule has 0 bridgehead atoms. The van der Waals surface area contributed by atoms with E-state index in [-0.39, 0.29) is 18.9 Å². The van der Waals surface area contributed by atoms with Crippen LogP contribution >= 0.6 is 11.3 Å². The summed E-state index contributed by atoms with van der Waals surface area (Å²) in [4.78, 5) is 27.6. The molecule has 1 heterocycles. The van der Waals surface area contributed by atoms with Gasteiger partial charge in [0.05, 0.1) is 5.69 Å². The first-order valence-electron chi connectivity index (χ1n) is 5.57. The van der Waals surface area contributed by atoms with Crippen molar-refractivity contribution in [2.75, 3.05) is 11.9 Å². The maximum absolute atomic E-state index is 11.7. The van der Waals surface area contributed by atoms with Crippen LogP contribution in [0.15, 0.2) is 12.7 Å². The van der Waals surface area contributed by atoms with Crippen molar-refractivity contribution in [2.24, 2.45) is 0 Å². The molecule has 1 aromatic rings. The fraction of sp³-hybridized carbons (Fsp3) is 0.308. The molecule has 0 aliphatic heterocycles. The minimum atomic E-state index is -0.473. The van der Waals surface area contributed by atoms with Crippen LogP contribution in [0.4, 0.5) is 5.13 Å². The molecule has 0 saturated carbocycles. The lowest BCUT2D eigenvalue weighted by atomic mass is 10.3. The van der Waals surface area contributed by atoms with E-state index in [2.05, 4.69) is 22.8 Å². The Kier molecular flexibility index (Phi) is 5.76. The van der Waals surface area contributed by atoms with Crippen molar-refractivity contribution in [2.45, 2.75) is 19.8 Å². The summed E-state index contributed by atoms with van der Waals surface area (Å²) in [5.74, 6) is 1.68. The van der Waals surface area contributed by atoms with Crippen LogP contribution in [0.1, 0.15) is 28.2 Å². The average Bonchev–Trinajstić information content (AvgIpc) is 2.74. The van der Waals surface area contributed by atoms with Crippen molar-refractivity contribution >= 4 is 28.3 Å². The number of ether oxygens (including phenoxy) is 1. The summed E-state index contributed by atoms with van der Waals surface area (Å²) in [6.07, 6.45) is 7.15. The Morgan fingerprint density at radius 1 is 1.63 bits per heavy atom. The van der Waals surface area contributed by atoms with Crippen molar-refractivity contribution in [1.82, 2.24) is 4.98 Å². The Bertz CT molecular complexity index is 528. The maximum atomic E-state index is 11.7. The molecule has 0 atom stereocenters. The predicted molar refractivity (Wildman–Crippen MR) is 74.0 cm³/mol. The third-order valence-corrected chi connectivity index (χ3v) is 3.11. The van der Waals surface area contributed by atoms with Crippen molar-refractivity contribution in [3.63, 3.8) is 0 Å². The van der Waals surface area contributed by atoms with E-state index in [0.29, 0.717) is 22.1 Å². The molecule has 1 aromatic heterocycles. The van der Waals surface area contributed by atoms with Gasteiger partial charge >= 0.3 is 5.97 Å². The minimum Gasteiger partial charge on any atom is -0.457 e. The van der Waals surface area contributed by atoms with Crippen LogP contribution in [-0.4, -0.2) is 23.5 Å². The van der Waals surface area contributed by atoms with E-state index in [4.69, 9.17) is 11.2 Å². The number of aromatic nitrogens is 1. The Labute approximate surface area is 115 Å². The quantitative estimate of drug-likeness (QED) is 0.492. The first kappa shape index (κ1) is 14.9. The summed E-state index contributed by atoms with van der Waals surface area (Å²) in [6, 6.07) is 0. The zero-order valence-electron chi connectivity index (χ0n) is 10.6. The number of rotatable bonds is 6.